The molecule has 0 unspecified atom stereocenters. The lowest BCUT2D eigenvalue weighted by molar-refractivity contribution is 0.576. The van der Waals surface area contributed by atoms with E-state index in [0.29, 0.717) is 0 Å². The van der Waals surface area contributed by atoms with Gasteiger partial charge in [-0.2, -0.15) is 0 Å². The maximum Gasteiger partial charge on any atom is -0.0195 e. The highest BCUT2D eigenvalue weighted by atomic mass is 14.4. The monoisotopic (exact) mass is 147 g/mol. The summed E-state index contributed by atoms with van der Waals surface area (Å²) < 4.78 is 0. The average molecular weight is 147 g/mol. The summed E-state index contributed by atoms with van der Waals surface area (Å²) in [7, 11) is 1.50. The van der Waals surface area contributed by atoms with Gasteiger partial charge in [-0.05, 0) is 13.0 Å². The summed E-state index contributed by atoms with van der Waals surface area (Å²) in [6.07, 6.45) is 2.71. The molecule has 1 nitrogen and oxygen atoms in total. The number of hydrogen-bond acceptors (Lipinski definition) is 1. The van der Waals surface area contributed by atoms with Gasteiger partial charge in [0.1, 0.15) is 0 Å². The molecule has 0 heterocycles. The lowest BCUT2D eigenvalue weighted by Crippen LogP contribution is -1.81. The van der Waals surface area contributed by atoms with Crippen molar-refractivity contribution in [2.45, 2.75) is 47.5 Å². The zero-order chi connectivity index (χ0) is 8.99. The van der Waals surface area contributed by atoms with Crippen LogP contribution in [0, 0.1) is 5.92 Å². The predicted molar refractivity (Wildman–Crippen MR) is 51.2 cm³/mol. The quantitative estimate of drug-likeness (QED) is 0.638. The SMILES string of the molecule is CC.CCCC(C)C.CN. The van der Waals surface area contributed by atoms with Crippen LogP contribution in [-0.2, 0) is 0 Å². The largest absolute Gasteiger partial charge is 0.333 e. The highest BCUT2D eigenvalue weighted by molar-refractivity contribution is 4.38. The smallest absolute Gasteiger partial charge is 0.0195 e. The molecule has 0 fully saturated rings. The van der Waals surface area contributed by atoms with Gasteiger partial charge in [0.25, 0.3) is 0 Å². The Kier molecular flexibility index (Phi) is 38.1. The van der Waals surface area contributed by atoms with E-state index in [4.69, 9.17) is 0 Å². The molecule has 0 aliphatic heterocycles. The van der Waals surface area contributed by atoms with Gasteiger partial charge in [-0.25, -0.2) is 0 Å². The molecule has 0 bridgehead atoms. The van der Waals surface area contributed by atoms with Crippen molar-refractivity contribution in [3.05, 3.63) is 0 Å². The van der Waals surface area contributed by atoms with Gasteiger partial charge in [-0.15, -0.1) is 0 Å². The molecule has 0 aromatic heterocycles. The van der Waals surface area contributed by atoms with Crippen molar-refractivity contribution in [1.29, 1.82) is 0 Å². The second-order valence-electron chi connectivity index (χ2n) is 2.18. The Labute approximate surface area is 67.0 Å². The standard InChI is InChI=1S/C6H14.C2H6.CH5N/c1-4-5-6(2)3;2*1-2/h6H,4-5H2,1-3H3;1-2H3;2H2,1H3. The molecule has 0 saturated carbocycles. The lowest BCUT2D eigenvalue weighted by Gasteiger charge is -1.95. The molecule has 0 radical (unpaired) electrons. The van der Waals surface area contributed by atoms with Gasteiger partial charge in [0.2, 0.25) is 0 Å². The number of nitrogens with two attached hydrogens (primary N) is 1. The minimum absolute atomic E-state index is 0.898. The van der Waals surface area contributed by atoms with Crippen LogP contribution < -0.4 is 5.73 Å². The van der Waals surface area contributed by atoms with Gasteiger partial charge in [0.15, 0.2) is 0 Å². The zero-order valence-electron chi connectivity index (χ0n) is 8.57. The third-order valence-corrected chi connectivity index (χ3v) is 0.866. The van der Waals surface area contributed by atoms with Crippen molar-refractivity contribution in [2.75, 3.05) is 7.05 Å². The van der Waals surface area contributed by atoms with E-state index in [2.05, 4.69) is 26.5 Å². The van der Waals surface area contributed by atoms with Gasteiger partial charge in [-0.3, -0.25) is 0 Å². The van der Waals surface area contributed by atoms with Crippen LogP contribution >= 0.6 is 0 Å². The third kappa shape index (κ3) is 44.0. The fourth-order valence-electron chi connectivity index (χ4n) is 0.577. The van der Waals surface area contributed by atoms with Gasteiger partial charge >= 0.3 is 0 Å². The molecule has 2 N–H and O–H groups in total. The normalized spacial score (nSPS) is 7.20. The molecule has 0 aliphatic carbocycles. The Hall–Kier alpha value is -0.0400. The molecule has 0 rings (SSSR count). The van der Waals surface area contributed by atoms with Crippen molar-refractivity contribution in [3.63, 3.8) is 0 Å². The van der Waals surface area contributed by atoms with Crippen LogP contribution in [-0.4, -0.2) is 7.05 Å². The molecular weight excluding hydrogens is 122 g/mol. The van der Waals surface area contributed by atoms with Gasteiger partial charge < -0.3 is 5.73 Å². The summed E-state index contributed by atoms with van der Waals surface area (Å²) in [6.45, 7) is 10.7. The van der Waals surface area contributed by atoms with Crippen LogP contribution in [0.5, 0.6) is 0 Å². The molecule has 0 aromatic carbocycles. The first kappa shape index (κ1) is 16.5. The van der Waals surface area contributed by atoms with Crippen molar-refractivity contribution in [2.24, 2.45) is 11.7 Å². The maximum absolute atomic E-state index is 4.50. The summed E-state index contributed by atoms with van der Waals surface area (Å²) in [5, 5.41) is 0. The zero-order valence-corrected chi connectivity index (χ0v) is 8.57. The highest BCUT2D eigenvalue weighted by Gasteiger charge is 1.85. The molecule has 66 valence electrons. The first-order valence-corrected chi connectivity index (χ1v) is 4.35. The Morgan fingerprint density at radius 1 is 1.10 bits per heavy atom. The molecule has 1 heteroatoms. The second-order valence-corrected chi connectivity index (χ2v) is 2.18. The summed E-state index contributed by atoms with van der Waals surface area (Å²) in [6, 6.07) is 0. The van der Waals surface area contributed by atoms with E-state index in [0.717, 1.165) is 5.92 Å². The van der Waals surface area contributed by atoms with Crippen molar-refractivity contribution >= 4 is 0 Å². The number of rotatable bonds is 2. The molecule has 0 atom stereocenters. The highest BCUT2D eigenvalue weighted by Crippen LogP contribution is 2.00. The summed E-state index contributed by atoms with van der Waals surface area (Å²) >= 11 is 0. The molecule has 0 spiro atoms. The van der Waals surface area contributed by atoms with E-state index in [1.54, 1.807) is 0 Å². The van der Waals surface area contributed by atoms with Crippen LogP contribution in [0.25, 0.3) is 0 Å². The fourth-order valence-corrected chi connectivity index (χ4v) is 0.577. The Morgan fingerprint density at radius 2 is 1.40 bits per heavy atom. The van der Waals surface area contributed by atoms with E-state index >= 15 is 0 Å². The van der Waals surface area contributed by atoms with Crippen LogP contribution in [0.15, 0.2) is 0 Å². The summed E-state index contributed by atoms with van der Waals surface area (Å²) in [5.41, 5.74) is 4.50. The fraction of sp³-hybridized carbons (Fsp3) is 1.00. The van der Waals surface area contributed by atoms with Crippen LogP contribution in [0.2, 0.25) is 0 Å². The van der Waals surface area contributed by atoms with Gasteiger partial charge in [0.05, 0.1) is 0 Å². The van der Waals surface area contributed by atoms with Crippen LogP contribution in [0.4, 0.5) is 0 Å². The maximum atomic E-state index is 4.50. The van der Waals surface area contributed by atoms with Crippen molar-refractivity contribution < 1.29 is 0 Å². The van der Waals surface area contributed by atoms with E-state index in [9.17, 15) is 0 Å². The average Bonchev–Trinajstić information content (AvgIpc) is 1.96. The molecule has 0 saturated heterocycles. The van der Waals surface area contributed by atoms with E-state index < -0.39 is 0 Å². The van der Waals surface area contributed by atoms with Crippen LogP contribution in [0.3, 0.4) is 0 Å². The van der Waals surface area contributed by atoms with E-state index in [1.165, 1.54) is 19.9 Å². The first-order valence-electron chi connectivity index (χ1n) is 4.35. The van der Waals surface area contributed by atoms with E-state index in [1.807, 2.05) is 13.8 Å². The molecule has 0 aromatic rings. The summed E-state index contributed by atoms with van der Waals surface area (Å²) in [5.74, 6) is 0.898. The predicted octanol–water partition coefficient (Wildman–Crippen LogP) is 3.04. The minimum atomic E-state index is 0.898. The van der Waals surface area contributed by atoms with E-state index in [-0.39, 0.29) is 0 Å². The third-order valence-electron chi connectivity index (χ3n) is 0.866. The lowest BCUT2D eigenvalue weighted by atomic mass is 10.1. The topological polar surface area (TPSA) is 26.0 Å². The Bertz CT molecular complexity index is 25.9. The number of hydrogen-bond donors (Lipinski definition) is 1. The molecule has 10 heavy (non-hydrogen) atoms. The summed E-state index contributed by atoms with van der Waals surface area (Å²) in [4.78, 5) is 0. The molecular formula is C9H25N. The van der Waals surface area contributed by atoms with Gasteiger partial charge in [-0.1, -0.05) is 47.5 Å². The van der Waals surface area contributed by atoms with Crippen molar-refractivity contribution in [1.82, 2.24) is 0 Å². The van der Waals surface area contributed by atoms with Gasteiger partial charge in [0, 0.05) is 0 Å². The van der Waals surface area contributed by atoms with Crippen molar-refractivity contribution in [3.8, 4) is 0 Å². The Balaban J connectivity index is -0.000000105. The van der Waals surface area contributed by atoms with Crippen LogP contribution in [0.1, 0.15) is 47.5 Å². The Morgan fingerprint density at radius 3 is 1.40 bits per heavy atom. The first-order chi connectivity index (χ1) is 4.77. The molecule has 0 amide bonds. The second kappa shape index (κ2) is 23.1. The minimum Gasteiger partial charge on any atom is -0.333 e. The molecule has 0 aliphatic rings.